The van der Waals surface area contributed by atoms with Crippen molar-refractivity contribution in [3.63, 3.8) is 0 Å². The molecular weight excluding hydrogens is 426 g/mol. The van der Waals surface area contributed by atoms with Gasteiger partial charge in [-0.3, -0.25) is 9.78 Å². The van der Waals surface area contributed by atoms with Crippen LogP contribution in [0.1, 0.15) is 46.5 Å². The number of carbonyl (C=O) groups excluding carboxylic acids is 1. The summed E-state index contributed by atoms with van der Waals surface area (Å²) in [5, 5.41) is 12.1. The molecule has 0 saturated heterocycles. The maximum atomic E-state index is 12.6. The topological polar surface area (TPSA) is 92.6 Å². The van der Waals surface area contributed by atoms with E-state index < -0.39 is 11.9 Å². The van der Waals surface area contributed by atoms with E-state index in [1.54, 1.807) is 24.3 Å². The molecule has 1 N–H and O–H groups in total. The van der Waals surface area contributed by atoms with Crippen molar-refractivity contribution in [2.75, 3.05) is 4.42 Å². The second-order valence-electron chi connectivity index (χ2n) is 6.76. The van der Waals surface area contributed by atoms with E-state index in [0.29, 0.717) is 24.0 Å². The second kappa shape index (κ2) is 9.69. The lowest BCUT2D eigenvalue weighted by atomic mass is 10.1. The molecule has 0 aliphatic heterocycles. The molecule has 0 saturated carbocycles. The molecule has 30 heavy (non-hydrogen) atoms. The second-order valence-corrected chi connectivity index (χ2v) is 8.04. The Bertz CT molecular complexity index is 1050. The first-order chi connectivity index (χ1) is 14.3. The molecule has 0 spiro atoms. The Balaban J connectivity index is 1.67. The van der Waals surface area contributed by atoms with Crippen molar-refractivity contribution in [2.45, 2.75) is 32.8 Å². The first kappa shape index (κ1) is 21.7. The van der Waals surface area contributed by atoms with Crippen LogP contribution in [-0.2, 0) is 17.8 Å². The average Bonchev–Trinajstić information content (AvgIpc) is 3.21. The van der Waals surface area contributed by atoms with Gasteiger partial charge in [0.1, 0.15) is 17.4 Å². The first-order valence-corrected chi connectivity index (χ1v) is 10.4. The lowest BCUT2D eigenvalue weighted by Gasteiger charge is -2.15. The van der Waals surface area contributed by atoms with E-state index in [4.69, 9.17) is 16.5 Å². The standard InChI is InChI=1S/C21H20ClN3O4S/c1-13(2)18-12-30-19(24-18)11-29-15-6-3-5-14(9-15)25(22)20(26)10-17-16(21(27)28)7-4-8-23-17/h3-9,12-13H,10-11H2,1-2H3,(H,27,28). The van der Waals surface area contributed by atoms with Crippen LogP contribution >= 0.6 is 23.1 Å². The number of benzene rings is 1. The number of rotatable bonds is 8. The lowest BCUT2D eigenvalue weighted by Crippen LogP contribution is -2.24. The van der Waals surface area contributed by atoms with Crippen LogP contribution in [0.2, 0.25) is 0 Å². The summed E-state index contributed by atoms with van der Waals surface area (Å²) in [5.74, 6) is -0.757. The number of carboxylic acid groups (broad SMARTS) is 1. The number of pyridine rings is 1. The van der Waals surface area contributed by atoms with Gasteiger partial charge in [-0.05, 0) is 30.2 Å². The summed E-state index contributed by atoms with van der Waals surface area (Å²) in [6, 6.07) is 9.68. The molecule has 0 fully saturated rings. The number of nitrogens with zero attached hydrogens (tertiary/aromatic N) is 3. The summed E-state index contributed by atoms with van der Waals surface area (Å²) in [7, 11) is 0. The third-order valence-corrected chi connectivity index (χ3v) is 5.45. The third-order valence-electron chi connectivity index (χ3n) is 4.23. The fourth-order valence-corrected chi connectivity index (χ4v) is 3.66. The largest absolute Gasteiger partial charge is 0.486 e. The maximum Gasteiger partial charge on any atom is 0.337 e. The highest BCUT2D eigenvalue weighted by Gasteiger charge is 2.19. The minimum atomic E-state index is -1.15. The van der Waals surface area contributed by atoms with Gasteiger partial charge in [0.15, 0.2) is 0 Å². The van der Waals surface area contributed by atoms with Crippen molar-refractivity contribution >= 4 is 40.7 Å². The molecule has 0 aliphatic carbocycles. The Morgan fingerprint density at radius 2 is 2.07 bits per heavy atom. The van der Waals surface area contributed by atoms with Gasteiger partial charge in [0.05, 0.1) is 29.1 Å². The van der Waals surface area contributed by atoms with Crippen molar-refractivity contribution < 1.29 is 19.4 Å². The van der Waals surface area contributed by atoms with Gasteiger partial charge in [0.25, 0.3) is 0 Å². The molecule has 1 aromatic carbocycles. The number of anilines is 1. The number of aromatic nitrogens is 2. The van der Waals surface area contributed by atoms with E-state index in [1.807, 2.05) is 5.38 Å². The Morgan fingerprint density at radius 1 is 1.27 bits per heavy atom. The van der Waals surface area contributed by atoms with Crippen LogP contribution in [0.15, 0.2) is 48.0 Å². The quantitative estimate of drug-likeness (QED) is 0.506. The van der Waals surface area contributed by atoms with Gasteiger partial charge in [0, 0.05) is 29.4 Å². The lowest BCUT2D eigenvalue weighted by molar-refractivity contribution is -0.116. The summed E-state index contributed by atoms with van der Waals surface area (Å²) < 4.78 is 6.72. The van der Waals surface area contributed by atoms with E-state index in [0.717, 1.165) is 15.1 Å². The molecule has 0 bridgehead atoms. The minimum Gasteiger partial charge on any atom is -0.486 e. The number of aromatic carboxylic acids is 1. The molecule has 3 rings (SSSR count). The van der Waals surface area contributed by atoms with Crippen LogP contribution in [-0.4, -0.2) is 27.0 Å². The third kappa shape index (κ3) is 5.34. The Labute approximate surface area is 183 Å². The fourth-order valence-electron chi connectivity index (χ4n) is 2.63. The van der Waals surface area contributed by atoms with Gasteiger partial charge in [-0.25, -0.2) is 14.2 Å². The Hall–Kier alpha value is -2.97. The minimum absolute atomic E-state index is 0.0304. The normalized spacial score (nSPS) is 10.8. The summed E-state index contributed by atoms with van der Waals surface area (Å²) in [5.41, 5.74) is 1.56. The summed E-state index contributed by atoms with van der Waals surface area (Å²) in [4.78, 5) is 32.4. The van der Waals surface area contributed by atoms with Gasteiger partial charge in [-0.2, -0.15) is 0 Å². The molecule has 9 heteroatoms. The van der Waals surface area contributed by atoms with Gasteiger partial charge >= 0.3 is 5.97 Å². The van der Waals surface area contributed by atoms with E-state index >= 15 is 0 Å². The van der Waals surface area contributed by atoms with Crippen molar-refractivity contribution in [1.82, 2.24) is 9.97 Å². The molecule has 0 atom stereocenters. The molecule has 1 amide bonds. The molecule has 2 heterocycles. The number of halogens is 1. The number of carbonyl (C=O) groups is 2. The van der Waals surface area contributed by atoms with Crippen molar-refractivity contribution in [3.05, 3.63) is 69.9 Å². The van der Waals surface area contributed by atoms with Gasteiger partial charge in [-0.15, -0.1) is 11.3 Å². The predicted molar refractivity (Wildman–Crippen MR) is 115 cm³/mol. The Kier molecular flexibility index (Phi) is 7.02. The van der Waals surface area contributed by atoms with Crippen molar-refractivity contribution in [3.8, 4) is 5.75 Å². The van der Waals surface area contributed by atoms with Crippen LogP contribution in [0.3, 0.4) is 0 Å². The highest BCUT2D eigenvalue weighted by Crippen LogP contribution is 2.25. The van der Waals surface area contributed by atoms with Gasteiger partial charge in [-0.1, -0.05) is 19.9 Å². The molecule has 0 radical (unpaired) electrons. The number of ether oxygens (including phenoxy) is 1. The number of thiazole rings is 1. The first-order valence-electron chi connectivity index (χ1n) is 9.18. The van der Waals surface area contributed by atoms with Gasteiger partial charge < -0.3 is 9.84 Å². The van der Waals surface area contributed by atoms with E-state index in [2.05, 4.69) is 23.8 Å². The van der Waals surface area contributed by atoms with E-state index in [1.165, 1.54) is 29.7 Å². The summed E-state index contributed by atoms with van der Waals surface area (Å²) >= 11 is 7.74. The molecule has 156 valence electrons. The molecule has 2 aromatic heterocycles. The zero-order valence-corrected chi connectivity index (χ0v) is 18.0. The number of carboxylic acids is 1. The smallest absolute Gasteiger partial charge is 0.337 e. The van der Waals surface area contributed by atoms with Crippen LogP contribution in [0, 0.1) is 0 Å². The molecule has 7 nitrogen and oxygen atoms in total. The zero-order valence-electron chi connectivity index (χ0n) is 16.4. The fraction of sp³-hybridized carbons (Fsp3) is 0.238. The van der Waals surface area contributed by atoms with E-state index in [9.17, 15) is 14.7 Å². The molecule has 3 aromatic rings. The van der Waals surface area contributed by atoms with Gasteiger partial charge in [0.2, 0.25) is 5.91 Å². The SMILES string of the molecule is CC(C)c1csc(COc2cccc(N(Cl)C(=O)Cc3ncccc3C(=O)O)c2)n1. The predicted octanol–water partition coefficient (Wildman–Crippen LogP) is 4.67. The maximum absolute atomic E-state index is 12.6. The molecule has 0 unspecified atom stereocenters. The summed E-state index contributed by atoms with van der Waals surface area (Å²) in [6.07, 6.45) is 1.19. The molecular formula is C21H20ClN3O4S. The number of amides is 1. The summed E-state index contributed by atoms with van der Waals surface area (Å²) in [6.45, 7) is 4.48. The van der Waals surface area contributed by atoms with E-state index in [-0.39, 0.29) is 17.7 Å². The zero-order chi connectivity index (χ0) is 21.7. The monoisotopic (exact) mass is 445 g/mol. The van der Waals surface area contributed by atoms with Crippen molar-refractivity contribution in [2.24, 2.45) is 0 Å². The number of hydrogen-bond donors (Lipinski definition) is 1. The van der Waals surface area contributed by atoms with Crippen LogP contribution in [0.4, 0.5) is 5.69 Å². The number of hydrogen-bond acceptors (Lipinski definition) is 6. The van der Waals surface area contributed by atoms with Crippen LogP contribution < -0.4 is 9.16 Å². The Morgan fingerprint density at radius 3 is 2.77 bits per heavy atom. The van der Waals surface area contributed by atoms with Crippen molar-refractivity contribution in [1.29, 1.82) is 0 Å². The average molecular weight is 446 g/mol. The highest BCUT2D eigenvalue weighted by atomic mass is 35.5. The van der Waals surface area contributed by atoms with Crippen LogP contribution in [0.5, 0.6) is 5.75 Å². The molecule has 0 aliphatic rings. The van der Waals surface area contributed by atoms with Crippen LogP contribution in [0.25, 0.3) is 0 Å². The highest BCUT2D eigenvalue weighted by molar-refractivity contribution is 7.09.